The van der Waals surface area contributed by atoms with Crippen LogP contribution in [0.5, 0.6) is 0 Å². The zero-order valence-corrected chi connectivity index (χ0v) is 11.3. The Bertz CT molecular complexity index is 430. The predicted octanol–water partition coefficient (Wildman–Crippen LogP) is 3.07. The van der Waals surface area contributed by atoms with E-state index in [0.717, 1.165) is 18.5 Å². The maximum Gasteiger partial charge on any atom is 0.337 e. The number of Topliss-reactive ketones (excluding diaryl/α,β-unsaturated/α-hetero) is 1. The van der Waals surface area contributed by atoms with Crippen molar-refractivity contribution >= 4 is 11.8 Å². The molecule has 0 aliphatic rings. The van der Waals surface area contributed by atoms with Crippen LogP contribution in [0.25, 0.3) is 0 Å². The monoisotopic (exact) mass is 251 g/mol. The second-order valence-corrected chi connectivity index (χ2v) is 4.58. The van der Waals surface area contributed by atoms with E-state index >= 15 is 0 Å². The highest BCUT2D eigenvalue weighted by Gasteiger charge is 2.21. The molecule has 0 atom stereocenters. The lowest BCUT2D eigenvalue weighted by Gasteiger charge is -2.17. The van der Waals surface area contributed by atoms with Crippen LogP contribution >= 0.6 is 0 Å². The molecule has 0 spiro atoms. The van der Waals surface area contributed by atoms with Gasteiger partial charge in [0.2, 0.25) is 0 Å². The molecule has 1 N–H and O–H groups in total. The molecule has 0 amide bonds. The zero-order valence-electron chi connectivity index (χ0n) is 11.3. The number of carboxylic acids is 1. The van der Waals surface area contributed by atoms with Gasteiger partial charge in [-0.05, 0) is 31.7 Å². The van der Waals surface area contributed by atoms with E-state index in [2.05, 4.69) is 13.8 Å². The number of hydrogen-bond acceptors (Lipinski definition) is 2. The van der Waals surface area contributed by atoms with Crippen LogP contribution in [-0.2, 0) is 11.3 Å². The summed E-state index contributed by atoms with van der Waals surface area (Å²) in [4.78, 5) is 22.3. The van der Waals surface area contributed by atoms with Gasteiger partial charge in [-0.1, -0.05) is 13.8 Å². The third-order valence-electron chi connectivity index (χ3n) is 3.31. The van der Waals surface area contributed by atoms with Gasteiger partial charge in [-0.15, -0.1) is 0 Å². The standard InChI is InChI=1S/C14H21NO3/c1-4-11(5-2)13-12(14(17)18)7-9-15(13)8-6-10(3)16/h7,9,11H,4-6,8H2,1-3H3,(H,17,18). The van der Waals surface area contributed by atoms with Crippen molar-refractivity contribution in [3.63, 3.8) is 0 Å². The first-order valence-electron chi connectivity index (χ1n) is 6.42. The molecule has 0 saturated heterocycles. The number of carbonyl (C=O) groups is 2. The Morgan fingerprint density at radius 3 is 2.39 bits per heavy atom. The molecular formula is C14H21NO3. The number of rotatable bonds is 7. The minimum Gasteiger partial charge on any atom is -0.478 e. The number of hydrogen-bond donors (Lipinski definition) is 1. The van der Waals surface area contributed by atoms with Crippen molar-refractivity contribution in [2.45, 2.75) is 52.5 Å². The largest absolute Gasteiger partial charge is 0.478 e. The van der Waals surface area contributed by atoms with Crippen LogP contribution in [-0.4, -0.2) is 21.4 Å². The molecule has 0 unspecified atom stereocenters. The summed E-state index contributed by atoms with van der Waals surface area (Å²) in [5.41, 5.74) is 1.22. The van der Waals surface area contributed by atoms with Gasteiger partial charge in [-0.3, -0.25) is 4.79 Å². The maximum absolute atomic E-state index is 11.2. The van der Waals surface area contributed by atoms with E-state index in [1.165, 1.54) is 0 Å². The van der Waals surface area contributed by atoms with Gasteiger partial charge in [0.15, 0.2) is 0 Å². The molecule has 0 fully saturated rings. The fourth-order valence-corrected chi connectivity index (χ4v) is 2.27. The molecule has 0 aliphatic heterocycles. The lowest BCUT2D eigenvalue weighted by atomic mass is 9.96. The molecule has 4 heteroatoms. The summed E-state index contributed by atoms with van der Waals surface area (Å²) in [5.74, 6) is -0.535. The van der Waals surface area contributed by atoms with Crippen molar-refractivity contribution in [2.24, 2.45) is 0 Å². The minimum absolute atomic E-state index is 0.121. The van der Waals surface area contributed by atoms with Crippen molar-refractivity contribution in [3.05, 3.63) is 23.5 Å². The Balaban J connectivity index is 3.10. The average Bonchev–Trinajstić information content (AvgIpc) is 2.72. The van der Waals surface area contributed by atoms with Crippen molar-refractivity contribution < 1.29 is 14.7 Å². The first-order chi connectivity index (χ1) is 8.51. The van der Waals surface area contributed by atoms with Crippen LogP contribution in [0.15, 0.2) is 12.3 Å². The normalized spacial score (nSPS) is 10.9. The van der Waals surface area contributed by atoms with E-state index in [-0.39, 0.29) is 11.7 Å². The summed E-state index contributed by atoms with van der Waals surface area (Å²) < 4.78 is 1.92. The summed E-state index contributed by atoms with van der Waals surface area (Å²) in [7, 11) is 0. The second-order valence-electron chi connectivity index (χ2n) is 4.58. The van der Waals surface area contributed by atoms with E-state index in [4.69, 9.17) is 0 Å². The fourth-order valence-electron chi connectivity index (χ4n) is 2.27. The molecule has 0 saturated carbocycles. The molecule has 0 aromatic carbocycles. The smallest absolute Gasteiger partial charge is 0.337 e. The van der Waals surface area contributed by atoms with Gasteiger partial charge in [-0.2, -0.15) is 0 Å². The third kappa shape index (κ3) is 3.22. The van der Waals surface area contributed by atoms with Crippen LogP contribution in [0.4, 0.5) is 0 Å². The van der Waals surface area contributed by atoms with Crippen LogP contribution < -0.4 is 0 Å². The number of carboxylic acid groups (broad SMARTS) is 1. The van der Waals surface area contributed by atoms with E-state index in [1.54, 1.807) is 19.2 Å². The third-order valence-corrected chi connectivity index (χ3v) is 3.31. The quantitative estimate of drug-likeness (QED) is 0.810. The van der Waals surface area contributed by atoms with Crippen LogP contribution in [0.1, 0.15) is 62.0 Å². The number of nitrogens with zero attached hydrogens (tertiary/aromatic N) is 1. The summed E-state index contributed by atoms with van der Waals surface area (Å²) in [6.45, 7) is 6.23. The summed E-state index contributed by atoms with van der Waals surface area (Å²) in [6, 6.07) is 1.64. The number of aryl methyl sites for hydroxylation is 1. The summed E-state index contributed by atoms with van der Waals surface area (Å²) in [5, 5.41) is 9.22. The van der Waals surface area contributed by atoms with E-state index in [9.17, 15) is 14.7 Å². The van der Waals surface area contributed by atoms with Gasteiger partial charge >= 0.3 is 5.97 Å². The molecule has 0 bridgehead atoms. The highest BCUT2D eigenvalue weighted by atomic mass is 16.4. The first-order valence-corrected chi connectivity index (χ1v) is 6.42. The molecule has 0 radical (unpaired) electrons. The van der Waals surface area contributed by atoms with Crippen LogP contribution in [0, 0.1) is 0 Å². The van der Waals surface area contributed by atoms with Crippen molar-refractivity contribution in [1.29, 1.82) is 0 Å². The topological polar surface area (TPSA) is 59.3 Å². The number of carbonyl (C=O) groups excluding carboxylic acids is 1. The summed E-state index contributed by atoms with van der Waals surface area (Å²) in [6.07, 6.45) is 4.03. The second kappa shape index (κ2) is 6.38. The zero-order chi connectivity index (χ0) is 13.7. The SMILES string of the molecule is CCC(CC)c1c(C(=O)O)ccn1CCC(C)=O. The molecule has 0 aliphatic carbocycles. The Hall–Kier alpha value is -1.58. The molecular weight excluding hydrogens is 230 g/mol. The van der Waals surface area contributed by atoms with Gasteiger partial charge in [0.25, 0.3) is 0 Å². The van der Waals surface area contributed by atoms with Crippen molar-refractivity contribution in [2.75, 3.05) is 0 Å². The summed E-state index contributed by atoms with van der Waals surface area (Å²) >= 11 is 0. The number of aromatic carboxylic acids is 1. The van der Waals surface area contributed by atoms with Crippen molar-refractivity contribution in [1.82, 2.24) is 4.57 Å². The van der Waals surface area contributed by atoms with E-state index < -0.39 is 5.97 Å². The Labute approximate surface area is 108 Å². The first kappa shape index (κ1) is 14.5. The highest BCUT2D eigenvalue weighted by Crippen LogP contribution is 2.27. The lowest BCUT2D eigenvalue weighted by Crippen LogP contribution is -2.12. The van der Waals surface area contributed by atoms with Crippen molar-refractivity contribution in [3.8, 4) is 0 Å². The highest BCUT2D eigenvalue weighted by molar-refractivity contribution is 5.89. The lowest BCUT2D eigenvalue weighted by molar-refractivity contribution is -0.117. The average molecular weight is 251 g/mol. The Morgan fingerprint density at radius 1 is 1.33 bits per heavy atom. The van der Waals surface area contributed by atoms with Gasteiger partial charge in [0.05, 0.1) is 5.56 Å². The number of ketones is 1. The Kier molecular flexibility index (Phi) is 5.13. The molecule has 18 heavy (non-hydrogen) atoms. The molecule has 4 nitrogen and oxygen atoms in total. The van der Waals surface area contributed by atoms with Crippen LogP contribution in [0.3, 0.4) is 0 Å². The molecule has 1 aromatic heterocycles. The molecule has 100 valence electrons. The molecule has 1 heterocycles. The maximum atomic E-state index is 11.2. The fraction of sp³-hybridized carbons (Fsp3) is 0.571. The van der Waals surface area contributed by atoms with Gasteiger partial charge in [-0.25, -0.2) is 4.79 Å². The van der Waals surface area contributed by atoms with Crippen LogP contribution in [0.2, 0.25) is 0 Å². The van der Waals surface area contributed by atoms with Gasteiger partial charge in [0, 0.05) is 24.9 Å². The Morgan fingerprint density at radius 2 is 1.94 bits per heavy atom. The van der Waals surface area contributed by atoms with E-state index in [1.807, 2.05) is 4.57 Å². The minimum atomic E-state index is -0.890. The van der Waals surface area contributed by atoms with Gasteiger partial charge < -0.3 is 9.67 Å². The van der Waals surface area contributed by atoms with Gasteiger partial charge in [0.1, 0.15) is 5.78 Å². The predicted molar refractivity (Wildman–Crippen MR) is 70.0 cm³/mol. The molecule has 1 rings (SSSR count). The number of aromatic nitrogens is 1. The molecule has 1 aromatic rings. The van der Waals surface area contributed by atoms with E-state index in [0.29, 0.717) is 18.5 Å².